The molecule has 0 aliphatic heterocycles. The Bertz CT molecular complexity index is 356. The second-order valence-electron chi connectivity index (χ2n) is 5.91. The Hall–Kier alpha value is -0.860. The molecule has 1 aromatic carbocycles. The van der Waals surface area contributed by atoms with Crippen LogP contribution in [-0.2, 0) is 17.8 Å². The Morgan fingerprint density at radius 3 is 2.50 bits per heavy atom. The Labute approximate surface area is 123 Å². The van der Waals surface area contributed by atoms with Crippen LogP contribution in [0, 0.1) is 0 Å². The van der Waals surface area contributed by atoms with Crippen molar-refractivity contribution >= 4 is 0 Å². The summed E-state index contributed by atoms with van der Waals surface area (Å²) in [6.45, 7) is 5.00. The molecule has 0 atom stereocenters. The van der Waals surface area contributed by atoms with E-state index < -0.39 is 0 Å². The van der Waals surface area contributed by atoms with Crippen LogP contribution in [0.3, 0.4) is 0 Å². The lowest BCUT2D eigenvalue weighted by Gasteiger charge is -2.06. The minimum atomic E-state index is 0.757. The lowest BCUT2D eigenvalue weighted by atomic mass is 10.1. The second kappa shape index (κ2) is 9.15. The van der Waals surface area contributed by atoms with Gasteiger partial charge in [-0.3, -0.25) is 0 Å². The Balaban J connectivity index is 1.55. The monoisotopic (exact) mass is 275 g/mol. The van der Waals surface area contributed by atoms with Crippen LogP contribution in [0.5, 0.6) is 0 Å². The van der Waals surface area contributed by atoms with Gasteiger partial charge in [-0.25, -0.2) is 0 Å². The Kier molecular flexibility index (Phi) is 7.10. The topological polar surface area (TPSA) is 21.3 Å². The van der Waals surface area contributed by atoms with Gasteiger partial charge in [-0.1, -0.05) is 50.5 Å². The van der Waals surface area contributed by atoms with Gasteiger partial charge in [0.25, 0.3) is 0 Å². The van der Waals surface area contributed by atoms with Crippen LogP contribution in [0.2, 0.25) is 0 Å². The quantitative estimate of drug-likeness (QED) is 0.614. The van der Waals surface area contributed by atoms with Gasteiger partial charge < -0.3 is 10.1 Å². The van der Waals surface area contributed by atoms with Gasteiger partial charge in [0, 0.05) is 12.6 Å². The maximum atomic E-state index is 5.71. The first-order valence-corrected chi connectivity index (χ1v) is 8.27. The molecule has 0 unspecified atom stereocenters. The highest BCUT2D eigenvalue weighted by atomic mass is 16.5. The predicted octanol–water partition coefficient (Wildman–Crippen LogP) is 4.08. The molecular weight excluding hydrogens is 246 g/mol. The van der Waals surface area contributed by atoms with Crippen molar-refractivity contribution in [3.63, 3.8) is 0 Å². The zero-order chi connectivity index (χ0) is 14.0. The molecule has 2 heteroatoms. The van der Waals surface area contributed by atoms with Crippen molar-refractivity contribution < 1.29 is 4.74 Å². The van der Waals surface area contributed by atoms with Crippen molar-refractivity contribution in [2.24, 2.45) is 0 Å². The van der Waals surface area contributed by atoms with E-state index in [-0.39, 0.29) is 0 Å². The van der Waals surface area contributed by atoms with Crippen LogP contribution < -0.4 is 5.32 Å². The minimum absolute atomic E-state index is 0.757. The minimum Gasteiger partial charge on any atom is -0.377 e. The molecule has 20 heavy (non-hydrogen) atoms. The van der Waals surface area contributed by atoms with E-state index in [1.165, 1.54) is 49.7 Å². The number of nitrogens with one attached hydrogen (secondary N) is 1. The first kappa shape index (κ1) is 15.5. The number of hydrogen-bond donors (Lipinski definition) is 1. The summed E-state index contributed by atoms with van der Waals surface area (Å²) < 4.78 is 5.71. The first-order chi connectivity index (χ1) is 9.88. The number of hydrogen-bond acceptors (Lipinski definition) is 2. The van der Waals surface area contributed by atoms with Gasteiger partial charge in [0.15, 0.2) is 0 Å². The SMILES string of the molecule is CCCCCCOCc1ccc(CCNC2CC2)cc1. The number of unbranched alkanes of at least 4 members (excludes halogenated alkanes) is 3. The van der Waals surface area contributed by atoms with Crippen molar-refractivity contribution in [1.82, 2.24) is 5.32 Å². The summed E-state index contributed by atoms with van der Waals surface area (Å²) in [5.74, 6) is 0. The average Bonchev–Trinajstić information content (AvgIpc) is 3.28. The normalized spacial score (nSPS) is 14.7. The molecule has 0 heterocycles. The summed E-state index contributed by atoms with van der Waals surface area (Å²) >= 11 is 0. The molecule has 0 aromatic heterocycles. The van der Waals surface area contributed by atoms with Crippen molar-refractivity contribution in [1.29, 1.82) is 0 Å². The lowest BCUT2D eigenvalue weighted by molar-refractivity contribution is 0.117. The van der Waals surface area contributed by atoms with E-state index in [4.69, 9.17) is 4.74 Å². The fourth-order valence-corrected chi connectivity index (χ4v) is 2.33. The molecule has 1 saturated carbocycles. The second-order valence-corrected chi connectivity index (χ2v) is 5.91. The van der Waals surface area contributed by atoms with E-state index in [0.29, 0.717) is 0 Å². The van der Waals surface area contributed by atoms with Crippen LogP contribution in [0.1, 0.15) is 56.6 Å². The van der Waals surface area contributed by atoms with Gasteiger partial charge in [-0.05, 0) is 43.4 Å². The molecule has 0 spiro atoms. The largest absolute Gasteiger partial charge is 0.377 e. The molecule has 112 valence electrons. The van der Waals surface area contributed by atoms with Crippen LogP contribution >= 0.6 is 0 Å². The van der Waals surface area contributed by atoms with Gasteiger partial charge in [-0.15, -0.1) is 0 Å². The first-order valence-electron chi connectivity index (χ1n) is 8.27. The van der Waals surface area contributed by atoms with E-state index in [1.54, 1.807) is 0 Å². The maximum absolute atomic E-state index is 5.71. The number of ether oxygens (including phenoxy) is 1. The third kappa shape index (κ3) is 6.53. The van der Waals surface area contributed by atoms with Gasteiger partial charge in [0.05, 0.1) is 6.61 Å². The van der Waals surface area contributed by atoms with Crippen molar-refractivity contribution in [3.05, 3.63) is 35.4 Å². The molecule has 1 aliphatic rings. The van der Waals surface area contributed by atoms with Crippen molar-refractivity contribution in [2.45, 2.75) is 64.5 Å². The van der Waals surface area contributed by atoms with E-state index in [2.05, 4.69) is 36.5 Å². The van der Waals surface area contributed by atoms with Gasteiger partial charge in [-0.2, -0.15) is 0 Å². The number of benzene rings is 1. The number of rotatable bonds is 11. The molecule has 1 aromatic rings. The molecule has 0 saturated heterocycles. The van der Waals surface area contributed by atoms with Crippen LogP contribution in [0.25, 0.3) is 0 Å². The summed E-state index contributed by atoms with van der Waals surface area (Å²) in [5, 5.41) is 3.55. The standard InChI is InChI=1S/C18H29NO/c1-2-3-4-5-14-20-15-17-8-6-16(7-9-17)12-13-19-18-10-11-18/h6-9,18-19H,2-5,10-15H2,1H3. The van der Waals surface area contributed by atoms with Gasteiger partial charge >= 0.3 is 0 Å². The van der Waals surface area contributed by atoms with Crippen molar-refractivity contribution in [2.75, 3.05) is 13.2 Å². The van der Waals surface area contributed by atoms with Gasteiger partial charge in [0.2, 0.25) is 0 Å². The fraction of sp³-hybridized carbons (Fsp3) is 0.667. The highest BCUT2D eigenvalue weighted by molar-refractivity contribution is 5.22. The maximum Gasteiger partial charge on any atom is 0.0716 e. The van der Waals surface area contributed by atoms with Crippen LogP contribution in [0.15, 0.2) is 24.3 Å². The van der Waals surface area contributed by atoms with Gasteiger partial charge in [0.1, 0.15) is 0 Å². The summed E-state index contributed by atoms with van der Waals surface area (Å²) in [6, 6.07) is 9.71. The lowest BCUT2D eigenvalue weighted by Crippen LogP contribution is -2.19. The Morgan fingerprint density at radius 1 is 1.05 bits per heavy atom. The third-order valence-corrected chi connectivity index (χ3v) is 3.86. The zero-order valence-electron chi connectivity index (χ0n) is 12.9. The smallest absolute Gasteiger partial charge is 0.0716 e. The average molecular weight is 275 g/mol. The van der Waals surface area contributed by atoms with E-state index >= 15 is 0 Å². The van der Waals surface area contributed by atoms with E-state index in [1.807, 2.05) is 0 Å². The van der Waals surface area contributed by atoms with Crippen LogP contribution in [0.4, 0.5) is 0 Å². The summed E-state index contributed by atoms with van der Waals surface area (Å²) in [7, 11) is 0. The highest BCUT2D eigenvalue weighted by Crippen LogP contribution is 2.18. The summed E-state index contributed by atoms with van der Waals surface area (Å²) in [6.07, 6.45) is 8.98. The molecule has 0 radical (unpaired) electrons. The molecule has 0 amide bonds. The molecule has 1 N–H and O–H groups in total. The highest BCUT2D eigenvalue weighted by Gasteiger charge is 2.19. The third-order valence-electron chi connectivity index (χ3n) is 3.86. The molecule has 0 bridgehead atoms. The summed E-state index contributed by atoms with van der Waals surface area (Å²) in [5.41, 5.74) is 2.71. The van der Waals surface area contributed by atoms with E-state index in [0.717, 1.165) is 32.2 Å². The zero-order valence-corrected chi connectivity index (χ0v) is 12.9. The fourth-order valence-electron chi connectivity index (χ4n) is 2.33. The molecule has 2 nitrogen and oxygen atoms in total. The van der Waals surface area contributed by atoms with Crippen molar-refractivity contribution in [3.8, 4) is 0 Å². The molecule has 1 fully saturated rings. The molecular formula is C18H29NO. The molecule has 2 rings (SSSR count). The Morgan fingerprint density at radius 2 is 1.80 bits per heavy atom. The molecule has 1 aliphatic carbocycles. The van der Waals surface area contributed by atoms with E-state index in [9.17, 15) is 0 Å². The summed E-state index contributed by atoms with van der Waals surface area (Å²) in [4.78, 5) is 0. The predicted molar refractivity (Wildman–Crippen MR) is 85.0 cm³/mol. The van der Waals surface area contributed by atoms with Crippen LogP contribution in [-0.4, -0.2) is 19.2 Å².